The molecule has 9 heteroatoms. The second kappa shape index (κ2) is 8.95. The maximum atomic E-state index is 11.9. The normalized spacial score (nSPS) is 10.7. The number of carbonyl (C=O) groups excluding carboxylic acids is 1. The molecule has 0 aliphatic heterocycles. The summed E-state index contributed by atoms with van der Waals surface area (Å²) in [7, 11) is 1.56. The molecule has 3 aromatic rings. The van der Waals surface area contributed by atoms with Crippen molar-refractivity contribution in [2.75, 3.05) is 13.7 Å². The van der Waals surface area contributed by atoms with E-state index < -0.39 is 5.91 Å². The van der Waals surface area contributed by atoms with Crippen LogP contribution in [0.3, 0.4) is 0 Å². The lowest BCUT2D eigenvalue weighted by Crippen LogP contribution is -2.25. The van der Waals surface area contributed by atoms with Gasteiger partial charge >= 0.3 is 6.01 Å². The maximum Gasteiger partial charge on any atom is 0.336 e. The van der Waals surface area contributed by atoms with E-state index in [1.807, 2.05) is 42.5 Å². The Hall–Kier alpha value is -3.20. The zero-order chi connectivity index (χ0) is 19.1. The number of ether oxygens (including phenoxy) is 2. The van der Waals surface area contributed by atoms with E-state index in [1.54, 1.807) is 17.9 Å². The van der Waals surface area contributed by atoms with Crippen LogP contribution in [0.15, 0.2) is 64.4 Å². The molecular formula is C18H16BrN5O3. The van der Waals surface area contributed by atoms with Crippen molar-refractivity contribution in [2.45, 2.75) is 0 Å². The third-order valence-electron chi connectivity index (χ3n) is 3.41. The second-order valence-electron chi connectivity index (χ2n) is 5.28. The zero-order valence-corrected chi connectivity index (χ0v) is 16.0. The van der Waals surface area contributed by atoms with Gasteiger partial charge in [0, 0.05) is 10.0 Å². The van der Waals surface area contributed by atoms with Crippen LogP contribution in [0.5, 0.6) is 11.8 Å². The van der Waals surface area contributed by atoms with Gasteiger partial charge in [-0.1, -0.05) is 34.1 Å². The Bertz CT molecular complexity index is 943. The van der Waals surface area contributed by atoms with Crippen LogP contribution in [0, 0.1) is 0 Å². The minimum atomic E-state index is -0.434. The summed E-state index contributed by atoms with van der Waals surface area (Å²) in [4.78, 5) is 15.9. The SMILES string of the molecule is COc1ccc(Br)cc1C=NNC(=O)COc1ncn(-c2ccccc2)n1. The Morgan fingerprint density at radius 1 is 1.30 bits per heavy atom. The Kier molecular flexibility index (Phi) is 6.16. The van der Waals surface area contributed by atoms with Gasteiger partial charge in [0.1, 0.15) is 12.1 Å². The number of nitrogens with one attached hydrogen (secondary N) is 1. The molecule has 0 bridgehead atoms. The molecule has 1 aromatic heterocycles. The van der Waals surface area contributed by atoms with Crippen LogP contribution >= 0.6 is 15.9 Å². The summed E-state index contributed by atoms with van der Waals surface area (Å²) in [6.45, 7) is -0.258. The number of benzene rings is 2. The fourth-order valence-electron chi connectivity index (χ4n) is 2.16. The van der Waals surface area contributed by atoms with Crippen molar-refractivity contribution in [2.24, 2.45) is 5.10 Å². The van der Waals surface area contributed by atoms with E-state index in [0.29, 0.717) is 5.75 Å². The molecule has 3 rings (SSSR count). The molecule has 0 aliphatic carbocycles. The first-order valence-electron chi connectivity index (χ1n) is 7.91. The molecule has 0 unspecified atom stereocenters. The van der Waals surface area contributed by atoms with E-state index in [0.717, 1.165) is 15.7 Å². The Morgan fingerprint density at radius 2 is 2.11 bits per heavy atom. The number of hydrogen-bond donors (Lipinski definition) is 1. The average Bonchev–Trinajstić information content (AvgIpc) is 3.16. The topological polar surface area (TPSA) is 90.6 Å². The van der Waals surface area contributed by atoms with Crippen molar-refractivity contribution in [1.29, 1.82) is 0 Å². The van der Waals surface area contributed by atoms with Gasteiger partial charge in [-0.15, -0.1) is 5.10 Å². The second-order valence-corrected chi connectivity index (χ2v) is 6.19. The van der Waals surface area contributed by atoms with E-state index in [4.69, 9.17) is 9.47 Å². The van der Waals surface area contributed by atoms with Gasteiger partial charge in [0.25, 0.3) is 5.91 Å². The van der Waals surface area contributed by atoms with E-state index in [9.17, 15) is 4.79 Å². The van der Waals surface area contributed by atoms with Crippen LogP contribution in [0.1, 0.15) is 5.56 Å². The molecule has 27 heavy (non-hydrogen) atoms. The lowest BCUT2D eigenvalue weighted by molar-refractivity contribution is -0.123. The predicted octanol–water partition coefficient (Wildman–Crippen LogP) is 2.57. The largest absolute Gasteiger partial charge is 0.496 e. The highest BCUT2D eigenvalue weighted by Gasteiger charge is 2.07. The number of hydrogen-bond acceptors (Lipinski definition) is 6. The van der Waals surface area contributed by atoms with E-state index in [-0.39, 0.29) is 12.6 Å². The number of halogens is 1. The van der Waals surface area contributed by atoms with E-state index in [2.05, 4.69) is 36.5 Å². The average molecular weight is 430 g/mol. The van der Waals surface area contributed by atoms with Crippen molar-refractivity contribution in [3.63, 3.8) is 0 Å². The zero-order valence-electron chi connectivity index (χ0n) is 14.4. The van der Waals surface area contributed by atoms with Crippen molar-refractivity contribution >= 4 is 28.1 Å². The smallest absolute Gasteiger partial charge is 0.336 e. The molecule has 8 nitrogen and oxygen atoms in total. The molecule has 1 heterocycles. The van der Waals surface area contributed by atoms with E-state index in [1.165, 1.54) is 12.5 Å². The summed E-state index contributed by atoms with van der Waals surface area (Å²) in [5.74, 6) is 0.208. The third kappa shape index (κ3) is 5.14. The summed E-state index contributed by atoms with van der Waals surface area (Å²) in [6, 6.07) is 15.0. The minimum Gasteiger partial charge on any atom is -0.496 e. The highest BCUT2D eigenvalue weighted by atomic mass is 79.9. The van der Waals surface area contributed by atoms with Crippen LogP contribution in [0.25, 0.3) is 5.69 Å². The first-order valence-corrected chi connectivity index (χ1v) is 8.70. The number of nitrogens with zero attached hydrogens (tertiary/aromatic N) is 4. The standard InChI is InChI=1S/C18H16BrN5O3/c1-26-16-8-7-14(19)9-13(16)10-21-22-17(25)11-27-18-20-12-24(23-18)15-5-3-2-4-6-15/h2-10,12H,11H2,1H3,(H,22,25). The van der Waals surface area contributed by atoms with Crippen molar-refractivity contribution in [3.05, 3.63) is 64.9 Å². The van der Waals surface area contributed by atoms with Gasteiger partial charge in [0.05, 0.1) is 19.0 Å². The Morgan fingerprint density at radius 3 is 2.89 bits per heavy atom. The quantitative estimate of drug-likeness (QED) is 0.460. The van der Waals surface area contributed by atoms with Crippen molar-refractivity contribution in [1.82, 2.24) is 20.2 Å². The van der Waals surface area contributed by atoms with E-state index >= 15 is 0 Å². The molecule has 1 N–H and O–H groups in total. The van der Waals surface area contributed by atoms with Gasteiger partial charge < -0.3 is 9.47 Å². The first-order chi connectivity index (χ1) is 13.2. The number of methoxy groups -OCH3 is 1. The highest BCUT2D eigenvalue weighted by molar-refractivity contribution is 9.10. The van der Waals surface area contributed by atoms with Gasteiger partial charge in [-0.05, 0) is 30.3 Å². The lowest BCUT2D eigenvalue weighted by Gasteiger charge is -2.04. The molecule has 0 radical (unpaired) electrons. The number of carbonyl (C=O) groups is 1. The van der Waals surface area contributed by atoms with Gasteiger partial charge in [0.15, 0.2) is 6.61 Å². The number of amides is 1. The highest BCUT2D eigenvalue weighted by Crippen LogP contribution is 2.21. The van der Waals surface area contributed by atoms with Crippen LogP contribution in [-0.2, 0) is 4.79 Å². The lowest BCUT2D eigenvalue weighted by atomic mass is 10.2. The maximum absolute atomic E-state index is 11.9. The third-order valence-corrected chi connectivity index (χ3v) is 3.90. The number of hydrazone groups is 1. The Balaban J connectivity index is 1.52. The molecule has 0 atom stereocenters. The van der Waals surface area contributed by atoms with Crippen molar-refractivity contribution in [3.8, 4) is 17.4 Å². The van der Waals surface area contributed by atoms with Crippen LogP contribution in [0.2, 0.25) is 0 Å². The molecule has 1 amide bonds. The summed E-state index contributed by atoms with van der Waals surface area (Å²) >= 11 is 3.38. The number of aromatic nitrogens is 3. The first kappa shape index (κ1) is 18.6. The summed E-state index contributed by atoms with van der Waals surface area (Å²) in [5, 5.41) is 8.06. The fourth-order valence-corrected chi connectivity index (χ4v) is 2.54. The van der Waals surface area contributed by atoms with Gasteiger partial charge in [-0.3, -0.25) is 4.79 Å². The van der Waals surface area contributed by atoms with Gasteiger partial charge in [-0.2, -0.15) is 10.1 Å². The van der Waals surface area contributed by atoms with Gasteiger partial charge in [-0.25, -0.2) is 10.1 Å². The summed E-state index contributed by atoms with van der Waals surface area (Å²) < 4.78 is 12.9. The molecule has 0 saturated heterocycles. The van der Waals surface area contributed by atoms with Crippen LogP contribution in [-0.4, -0.2) is 40.6 Å². The molecule has 138 valence electrons. The Labute approximate surface area is 164 Å². The molecular weight excluding hydrogens is 414 g/mol. The number of rotatable bonds is 7. The van der Waals surface area contributed by atoms with Crippen LogP contribution in [0.4, 0.5) is 0 Å². The van der Waals surface area contributed by atoms with Crippen LogP contribution < -0.4 is 14.9 Å². The summed E-state index contributed by atoms with van der Waals surface area (Å²) in [6.07, 6.45) is 3.00. The minimum absolute atomic E-state index is 0.103. The molecule has 0 aliphatic rings. The summed E-state index contributed by atoms with van der Waals surface area (Å²) in [5.41, 5.74) is 3.95. The number of para-hydroxylation sites is 1. The van der Waals surface area contributed by atoms with Crippen molar-refractivity contribution < 1.29 is 14.3 Å². The fraction of sp³-hybridized carbons (Fsp3) is 0.111. The molecule has 0 fully saturated rings. The molecule has 0 saturated carbocycles. The predicted molar refractivity (Wildman–Crippen MR) is 103 cm³/mol. The molecule has 0 spiro atoms. The monoisotopic (exact) mass is 429 g/mol. The van der Waals surface area contributed by atoms with Gasteiger partial charge in [0.2, 0.25) is 0 Å². The molecule has 2 aromatic carbocycles.